The number of hydrogen-bond donors (Lipinski definition) is 1. The zero-order valence-corrected chi connectivity index (χ0v) is 11.7. The topological polar surface area (TPSA) is 78.7 Å². The van der Waals surface area contributed by atoms with Crippen LogP contribution in [0.15, 0.2) is 24.3 Å². The Labute approximate surface area is 122 Å². The van der Waals surface area contributed by atoms with Crippen LogP contribution in [-0.4, -0.2) is 48.1 Å². The number of nitrogens with zero attached hydrogens (tertiary/aromatic N) is 3. The number of amides is 2. The molecule has 1 aliphatic heterocycles. The highest BCUT2D eigenvalue weighted by molar-refractivity contribution is 5.75. The lowest BCUT2D eigenvalue weighted by Gasteiger charge is -2.35. The van der Waals surface area contributed by atoms with Crippen LogP contribution in [-0.2, 0) is 0 Å². The molecule has 0 atom stereocenters. The van der Waals surface area contributed by atoms with Crippen LogP contribution in [0.4, 0.5) is 16.2 Å². The Kier molecular flexibility index (Phi) is 3.64. The van der Waals surface area contributed by atoms with Gasteiger partial charge >= 0.3 is 6.03 Å². The number of nitro benzene ring substituents is 1. The van der Waals surface area contributed by atoms with E-state index >= 15 is 0 Å². The summed E-state index contributed by atoms with van der Waals surface area (Å²) in [6.07, 6.45) is 2.14. The number of urea groups is 1. The van der Waals surface area contributed by atoms with Gasteiger partial charge in [-0.05, 0) is 18.9 Å². The number of nitro groups is 1. The summed E-state index contributed by atoms with van der Waals surface area (Å²) < 4.78 is 0. The third-order valence-corrected chi connectivity index (χ3v) is 3.89. The van der Waals surface area contributed by atoms with E-state index in [1.54, 1.807) is 23.1 Å². The number of carbonyl (C=O) groups is 1. The Morgan fingerprint density at radius 3 is 2.48 bits per heavy atom. The summed E-state index contributed by atoms with van der Waals surface area (Å²) in [4.78, 5) is 26.4. The fraction of sp³-hybridized carbons (Fsp3) is 0.500. The molecule has 3 rings (SSSR count). The van der Waals surface area contributed by atoms with Gasteiger partial charge in [0.05, 0.1) is 4.92 Å². The minimum absolute atomic E-state index is 0.0142. The van der Waals surface area contributed by atoms with Gasteiger partial charge in [0, 0.05) is 38.3 Å². The average Bonchev–Trinajstić information content (AvgIpc) is 3.31. The molecule has 1 heterocycles. The lowest BCUT2D eigenvalue weighted by atomic mass is 10.2. The third-order valence-electron chi connectivity index (χ3n) is 3.89. The number of anilines is 1. The number of carbonyl (C=O) groups excluding carboxylic acids is 1. The number of benzene rings is 1. The second-order valence-electron chi connectivity index (χ2n) is 5.44. The van der Waals surface area contributed by atoms with Gasteiger partial charge in [0.15, 0.2) is 0 Å². The van der Waals surface area contributed by atoms with E-state index in [-0.39, 0.29) is 16.6 Å². The monoisotopic (exact) mass is 290 g/mol. The van der Waals surface area contributed by atoms with Gasteiger partial charge in [-0.2, -0.15) is 0 Å². The van der Waals surface area contributed by atoms with Crippen LogP contribution < -0.4 is 10.2 Å². The summed E-state index contributed by atoms with van der Waals surface area (Å²) in [5.41, 5.74) is 0.748. The maximum atomic E-state index is 12.0. The molecule has 112 valence electrons. The highest BCUT2D eigenvalue weighted by Gasteiger charge is 2.29. The van der Waals surface area contributed by atoms with Gasteiger partial charge in [-0.1, -0.05) is 12.1 Å². The molecule has 0 bridgehead atoms. The van der Waals surface area contributed by atoms with Crippen molar-refractivity contribution in [3.8, 4) is 0 Å². The number of para-hydroxylation sites is 2. The molecule has 7 heteroatoms. The smallest absolute Gasteiger partial charge is 0.317 e. The summed E-state index contributed by atoms with van der Waals surface area (Å²) in [5, 5.41) is 14.0. The SMILES string of the molecule is O=C(NC1CC1)N1CCN(c2ccccc2[N+](=O)[O-])CC1. The maximum absolute atomic E-state index is 12.0. The van der Waals surface area contributed by atoms with Crippen LogP contribution >= 0.6 is 0 Å². The maximum Gasteiger partial charge on any atom is 0.317 e. The molecule has 1 saturated heterocycles. The summed E-state index contributed by atoms with van der Waals surface area (Å²) in [7, 11) is 0. The molecule has 1 N–H and O–H groups in total. The van der Waals surface area contributed by atoms with Crippen LogP contribution in [0.1, 0.15) is 12.8 Å². The first-order valence-corrected chi connectivity index (χ1v) is 7.19. The van der Waals surface area contributed by atoms with E-state index in [4.69, 9.17) is 0 Å². The van der Waals surface area contributed by atoms with E-state index in [0.29, 0.717) is 37.9 Å². The average molecular weight is 290 g/mol. The predicted octanol–water partition coefficient (Wildman–Crippen LogP) is 1.59. The highest BCUT2D eigenvalue weighted by atomic mass is 16.6. The van der Waals surface area contributed by atoms with Crippen molar-refractivity contribution in [3.63, 3.8) is 0 Å². The Balaban J connectivity index is 1.63. The van der Waals surface area contributed by atoms with Crippen LogP contribution in [0.5, 0.6) is 0 Å². The fourth-order valence-electron chi connectivity index (χ4n) is 2.53. The molecule has 0 unspecified atom stereocenters. The van der Waals surface area contributed by atoms with Crippen molar-refractivity contribution in [2.75, 3.05) is 31.1 Å². The Bertz CT molecular complexity index is 551. The molecule has 1 aromatic carbocycles. The largest absolute Gasteiger partial charge is 0.362 e. The van der Waals surface area contributed by atoms with Crippen molar-refractivity contribution in [1.29, 1.82) is 0 Å². The Morgan fingerprint density at radius 1 is 1.19 bits per heavy atom. The minimum atomic E-state index is -0.360. The lowest BCUT2D eigenvalue weighted by molar-refractivity contribution is -0.384. The molecule has 21 heavy (non-hydrogen) atoms. The highest BCUT2D eigenvalue weighted by Crippen LogP contribution is 2.28. The molecule has 1 saturated carbocycles. The van der Waals surface area contributed by atoms with E-state index in [1.807, 2.05) is 4.90 Å². The number of piperazine rings is 1. The van der Waals surface area contributed by atoms with Gasteiger partial charge in [0.1, 0.15) is 5.69 Å². The van der Waals surface area contributed by atoms with Crippen molar-refractivity contribution < 1.29 is 9.72 Å². The van der Waals surface area contributed by atoms with Crippen molar-refractivity contribution in [2.24, 2.45) is 0 Å². The van der Waals surface area contributed by atoms with Crippen LogP contribution in [0.25, 0.3) is 0 Å². The standard InChI is InChI=1S/C14H18N4O3/c19-14(15-11-5-6-11)17-9-7-16(8-10-17)12-3-1-2-4-13(12)18(20)21/h1-4,11H,5-10H2,(H,15,19). The molecular formula is C14H18N4O3. The van der Waals surface area contributed by atoms with Gasteiger partial charge in [0.2, 0.25) is 0 Å². The fourth-order valence-corrected chi connectivity index (χ4v) is 2.53. The van der Waals surface area contributed by atoms with Gasteiger partial charge in [0.25, 0.3) is 5.69 Å². The van der Waals surface area contributed by atoms with Crippen molar-refractivity contribution in [2.45, 2.75) is 18.9 Å². The second-order valence-corrected chi connectivity index (χ2v) is 5.44. The zero-order valence-electron chi connectivity index (χ0n) is 11.7. The van der Waals surface area contributed by atoms with Crippen LogP contribution in [0, 0.1) is 10.1 Å². The molecule has 0 aromatic heterocycles. The van der Waals surface area contributed by atoms with E-state index in [9.17, 15) is 14.9 Å². The molecular weight excluding hydrogens is 272 g/mol. The first kappa shape index (κ1) is 13.7. The van der Waals surface area contributed by atoms with Gasteiger partial charge in [-0.25, -0.2) is 4.79 Å². The molecule has 2 amide bonds. The third kappa shape index (κ3) is 3.07. The van der Waals surface area contributed by atoms with E-state index in [0.717, 1.165) is 12.8 Å². The molecule has 2 aliphatic rings. The normalized spacial score (nSPS) is 18.5. The first-order valence-electron chi connectivity index (χ1n) is 7.19. The summed E-state index contributed by atoms with van der Waals surface area (Å²) >= 11 is 0. The molecule has 7 nitrogen and oxygen atoms in total. The van der Waals surface area contributed by atoms with Crippen LogP contribution in [0.2, 0.25) is 0 Å². The predicted molar refractivity (Wildman–Crippen MR) is 78.4 cm³/mol. The zero-order chi connectivity index (χ0) is 14.8. The first-order chi connectivity index (χ1) is 10.1. The minimum Gasteiger partial charge on any atom is -0.362 e. The summed E-state index contributed by atoms with van der Waals surface area (Å²) in [6.45, 7) is 2.40. The summed E-state index contributed by atoms with van der Waals surface area (Å²) in [6, 6.07) is 7.08. The van der Waals surface area contributed by atoms with Crippen molar-refractivity contribution in [1.82, 2.24) is 10.2 Å². The quantitative estimate of drug-likeness (QED) is 0.677. The van der Waals surface area contributed by atoms with Gasteiger partial charge in [-0.15, -0.1) is 0 Å². The molecule has 2 fully saturated rings. The number of nitrogens with one attached hydrogen (secondary N) is 1. The van der Waals surface area contributed by atoms with Gasteiger partial charge in [-0.3, -0.25) is 10.1 Å². The van der Waals surface area contributed by atoms with E-state index in [2.05, 4.69) is 5.32 Å². The number of rotatable bonds is 3. The molecule has 1 aromatic rings. The van der Waals surface area contributed by atoms with Gasteiger partial charge < -0.3 is 15.1 Å². The van der Waals surface area contributed by atoms with E-state index in [1.165, 1.54) is 6.07 Å². The second kappa shape index (κ2) is 5.59. The van der Waals surface area contributed by atoms with Crippen molar-refractivity contribution in [3.05, 3.63) is 34.4 Å². The molecule has 1 aliphatic carbocycles. The molecule has 0 radical (unpaired) electrons. The van der Waals surface area contributed by atoms with Crippen LogP contribution in [0.3, 0.4) is 0 Å². The number of hydrogen-bond acceptors (Lipinski definition) is 4. The van der Waals surface area contributed by atoms with Crippen molar-refractivity contribution >= 4 is 17.4 Å². The van der Waals surface area contributed by atoms with E-state index < -0.39 is 0 Å². The Hall–Kier alpha value is -2.31. The Morgan fingerprint density at radius 2 is 1.86 bits per heavy atom. The molecule has 0 spiro atoms. The summed E-state index contributed by atoms with van der Waals surface area (Å²) in [5.74, 6) is 0. The lowest BCUT2D eigenvalue weighted by Crippen LogP contribution is -2.52.